The van der Waals surface area contributed by atoms with E-state index >= 15 is 0 Å². The molecule has 0 heterocycles. The summed E-state index contributed by atoms with van der Waals surface area (Å²) in [7, 11) is 3.18. The van der Waals surface area contributed by atoms with Crippen LogP contribution in [0.4, 0.5) is 11.4 Å². The summed E-state index contributed by atoms with van der Waals surface area (Å²) < 4.78 is 4.67. The monoisotopic (exact) mass is 247 g/mol. The molecule has 0 aromatic heterocycles. The van der Waals surface area contributed by atoms with Gasteiger partial charge in [0.05, 0.1) is 36.5 Å². The molecule has 0 saturated heterocycles. The Morgan fingerprint density at radius 1 is 1.61 bits per heavy atom. The molecule has 0 fully saturated rings. The summed E-state index contributed by atoms with van der Waals surface area (Å²) in [5.41, 5.74) is 7.62. The van der Waals surface area contributed by atoms with Crippen LogP contribution in [0.3, 0.4) is 0 Å². The van der Waals surface area contributed by atoms with Gasteiger partial charge in [-0.25, -0.2) is 4.79 Å². The second kappa shape index (κ2) is 5.92. The highest BCUT2D eigenvalue weighted by Crippen LogP contribution is 2.26. The van der Waals surface area contributed by atoms with Gasteiger partial charge < -0.3 is 15.4 Å². The maximum Gasteiger partial charge on any atom is 0.337 e. The molecule has 96 valence electrons. The van der Waals surface area contributed by atoms with Gasteiger partial charge in [0.25, 0.3) is 0 Å². The third kappa shape index (κ3) is 2.92. The summed E-state index contributed by atoms with van der Waals surface area (Å²) in [4.78, 5) is 13.3. The molecular weight excluding hydrogens is 230 g/mol. The van der Waals surface area contributed by atoms with Gasteiger partial charge in [-0.05, 0) is 25.1 Å². The molecule has 0 radical (unpaired) electrons. The summed E-state index contributed by atoms with van der Waals surface area (Å²) >= 11 is 0. The second-order valence-electron chi connectivity index (χ2n) is 4.09. The first-order chi connectivity index (χ1) is 8.51. The van der Waals surface area contributed by atoms with Gasteiger partial charge in [0.2, 0.25) is 0 Å². The van der Waals surface area contributed by atoms with E-state index in [9.17, 15) is 4.79 Å². The lowest BCUT2D eigenvalue weighted by Gasteiger charge is -2.26. The quantitative estimate of drug-likeness (QED) is 0.648. The number of nitrogen functional groups attached to an aromatic ring is 1. The molecule has 5 nitrogen and oxygen atoms in total. The predicted molar refractivity (Wildman–Crippen MR) is 70.3 cm³/mol. The molecule has 0 aliphatic carbocycles. The van der Waals surface area contributed by atoms with Crippen molar-refractivity contribution in [3.8, 4) is 6.07 Å². The number of nitriles is 1. The lowest BCUT2D eigenvalue weighted by atomic mass is 10.1. The van der Waals surface area contributed by atoms with E-state index in [0.29, 0.717) is 17.7 Å². The molecular formula is C13H17N3O2. The van der Waals surface area contributed by atoms with Crippen LogP contribution in [0.5, 0.6) is 0 Å². The summed E-state index contributed by atoms with van der Waals surface area (Å²) in [6.07, 6.45) is 0.387. The fourth-order valence-corrected chi connectivity index (χ4v) is 1.60. The molecule has 0 bridgehead atoms. The van der Waals surface area contributed by atoms with Gasteiger partial charge in [-0.3, -0.25) is 0 Å². The highest BCUT2D eigenvalue weighted by atomic mass is 16.5. The molecule has 18 heavy (non-hydrogen) atoms. The summed E-state index contributed by atoms with van der Waals surface area (Å²) in [6.45, 7) is 1.92. The van der Waals surface area contributed by atoms with E-state index in [1.807, 2.05) is 18.9 Å². The van der Waals surface area contributed by atoms with E-state index in [2.05, 4.69) is 10.8 Å². The minimum absolute atomic E-state index is 0.0187. The fraction of sp³-hybridized carbons (Fsp3) is 0.385. The minimum atomic E-state index is -0.405. The van der Waals surface area contributed by atoms with Crippen LogP contribution in [-0.4, -0.2) is 26.2 Å². The number of benzene rings is 1. The van der Waals surface area contributed by atoms with Crippen molar-refractivity contribution in [2.24, 2.45) is 0 Å². The van der Waals surface area contributed by atoms with Crippen LogP contribution >= 0.6 is 0 Å². The Hall–Kier alpha value is -2.22. The molecule has 1 unspecified atom stereocenters. The smallest absolute Gasteiger partial charge is 0.337 e. The van der Waals surface area contributed by atoms with Gasteiger partial charge in [-0.2, -0.15) is 5.26 Å². The van der Waals surface area contributed by atoms with Crippen molar-refractivity contribution in [2.75, 3.05) is 24.8 Å². The molecule has 0 aliphatic rings. The first-order valence-electron chi connectivity index (χ1n) is 5.58. The SMILES string of the molecule is COC(=O)c1ccc(N)c(N(C)C(C)CC#N)c1. The number of esters is 1. The normalized spacial score (nSPS) is 11.4. The third-order valence-electron chi connectivity index (χ3n) is 2.88. The van der Waals surface area contributed by atoms with Crippen molar-refractivity contribution in [1.82, 2.24) is 0 Å². The van der Waals surface area contributed by atoms with Gasteiger partial charge in [0, 0.05) is 13.1 Å². The number of anilines is 2. The maximum atomic E-state index is 11.5. The average Bonchev–Trinajstić information content (AvgIpc) is 2.37. The van der Waals surface area contributed by atoms with E-state index in [1.54, 1.807) is 18.2 Å². The third-order valence-corrected chi connectivity index (χ3v) is 2.88. The van der Waals surface area contributed by atoms with Gasteiger partial charge in [-0.15, -0.1) is 0 Å². The van der Waals surface area contributed by atoms with Crippen LogP contribution in [-0.2, 0) is 4.74 Å². The topological polar surface area (TPSA) is 79.3 Å². The van der Waals surface area contributed by atoms with E-state index in [4.69, 9.17) is 11.0 Å². The lowest BCUT2D eigenvalue weighted by Crippen LogP contribution is -2.29. The summed E-state index contributed by atoms with van der Waals surface area (Å²) in [6, 6.07) is 7.09. The van der Waals surface area contributed by atoms with E-state index < -0.39 is 5.97 Å². The largest absolute Gasteiger partial charge is 0.465 e. The zero-order valence-electron chi connectivity index (χ0n) is 10.8. The first-order valence-corrected chi connectivity index (χ1v) is 5.58. The van der Waals surface area contributed by atoms with Crippen LogP contribution in [0.25, 0.3) is 0 Å². The van der Waals surface area contributed by atoms with Crippen LogP contribution < -0.4 is 10.6 Å². The number of methoxy groups -OCH3 is 1. The van der Waals surface area contributed by atoms with Crippen molar-refractivity contribution < 1.29 is 9.53 Å². The Bertz CT molecular complexity index is 480. The number of hydrogen-bond acceptors (Lipinski definition) is 5. The molecule has 0 saturated carbocycles. The molecule has 0 amide bonds. The molecule has 1 atom stereocenters. The lowest BCUT2D eigenvalue weighted by molar-refractivity contribution is 0.0601. The van der Waals surface area contributed by atoms with Crippen LogP contribution in [0.1, 0.15) is 23.7 Å². The maximum absolute atomic E-state index is 11.5. The van der Waals surface area contributed by atoms with Crippen LogP contribution in [0.15, 0.2) is 18.2 Å². The molecule has 1 aromatic rings. The highest BCUT2D eigenvalue weighted by molar-refractivity contribution is 5.92. The number of hydrogen-bond donors (Lipinski definition) is 1. The Balaban J connectivity index is 3.08. The van der Waals surface area contributed by atoms with Crippen molar-refractivity contribution in [3.63, 3.8) is 0 Å². The Labute approximate surface area is 107 Å². The highest BCUT2D eigenvalue weighted by Gasteiger charge is 2.15. The average molecular weight is 247 g/mol. The Morgan fingerprint density at radius 3 is 2.83 bits per heavy atom. The van der Waals surface area contributed by atoms with Crippen molar-refractivity contribution >= 4 is 17.3 Å². The number of nitrogens with two attached hydrogens (primary N) is 1. The van der Waals surface area contributed by atoms with Gasteiger partial charge in [0.15, 0.2) is 0 Å². The molecule has 5 heteroatoms. The zero-order chi connectivity index (χ0) is 13.7. The molecule has 0 spiro atoms. The van der Waals surface area contributed by atoms with Crippen molar-refractivity contribution in [2.45, 2.75) is 19.4 Å². The minimum Gasteiger partial charge on any atom is -0.465 e. The Kier molecular flexibility index (Phi) is 4.55. The predicted octanol–water partition coefficient (Wildman–Crippen LogP) is 1.79. The Morgan fingerprint density at radius 2 is 2.28 bits per heavy atom. The van der Waals surface area contributed by atoms with Crippen molar-refractivity contribution in [3.05, 3.63) is 23.8 Å². The zero-order valence-corrected chi connectivity index (χ0v) is 10.8. The summed E-state index contributed by atoms with van der Waals surface area (Å²) in [5, 5.41) is 8.70. The first kappa shape index (κ1) is 13.8. The number of rotatable bonds is 4. The number of nitrogens with zero attached hydrogens (tertiary/aromatic N) is 2. The molecule has 0 aliphatic heterocycles. The molecule has 1 rings (SSSR count). The van der Waals surface area contributed by atoms with Gasteiger partial charge >= 0.3 is 5.97 Å². The van der Waals surface area contributed by atoms with Gasteiger partial charge in [-0.1, -0.05) is 0 Å². The van der Waals surface area contributed by atoms with Gasteiger partial charge in [0.1, 0.15) is 0 Å². The van der Waals surface area contributed by atoms with E-state index in [1.165, 1.54) is 7.11 Å². The second-order valence-corrected chi connectivity index (χ2v) is 4.09. The van der Waals surface area contributed by atoms with E-state index in [-0.39, 0.29) is 6.04 Å². The molecule has 2 N–H and O–H groups in total. The standard InChI is InChI=1S/C13H17N3O2/c1-9(6-7-14)16(2)12-8-10(13(17)18-3)4-5-11(12)15/h4-5,8-9H,6,15H2,1-3H3. The number of ether oxygens (including phenoxy) is 1. The fourth-order valence-electron chi connectivity index (χ4n) is 1.60. The number of carbonyl (C=O) groups excluding carboxylic acids is 1. The van der Waals surface area contributed by atoms with Crippen molar-refractivity contribution in [1.29, 1.82) is 5.26 Å². The van der Waals surface area contributed by atoms with E-state index in [0.717, 1.165) is 5.69 Å². The van der Waals surface area contributed by atoms with Crippen LogP contribution in [0, 0.1) is 11.3 Å². The summed E-state index contributed by atoms with van der Waals surface area (Å²) in [5.74, 6) is -0.405. The van der Waals surface area contributed by atoms with Crippen LogP contribution in [0.2, 0.25) is 0 Å². The number of carbonyl (C=O) groups is 1. The molecule has 1 aromatic carbocycles.